The molecule has 0 amide bonds. The molecule has 2 rings (SSSR count). The lowest BCUT2D eigenvalue weighted by Gasteiger charge is -2.28. The Bertz CT molecular complexity index is 329. The average molecular weight is 182 g/mol. The molecule has 0 aromatic heterocycles. The predicted molar refractivity (Wildman–Crippen MR) is 47.8 cm³/mol. The summed E-state index contributed by atoms with van der Waals surface area (Å²) in [6.45, 7) is 1.47. The van der Waals surface area contributed by atoms with Crippen molar-refractivity contribution in [3.05, 3.63) is 35.1 Å². The Morgan fingerprint density at radius 3 is 2.85 bits per heavy atom. The van der Waals surface area contributed by atoms with Gasteiger partial charge in [0.2, 0.25) is 0 Å². The van der Waals surface area contributed by atoms with Gasteiger partial charge >= 0.3 is 0 Å². The van der Waals surface area contributed by atoms with Gasteiger partial charge in [-0.3, -0.25) is 0 Å². The van der Waals surface area contributed by atoms with Crippen LogP contribution in [0.4, 0.5) is 8.78 Å². The van der Waals surface area contributed by atoms with Crippen molar-refractivity contribution in [3.63, 3.8) is 0 Å². The van der Waals surface area contributed by atoms with Gasteiger partial charge in [0.15, 0.2) is 0 Å². The van der Waals surface area contributed by atoms with Crippen molar-refractivity contribution in [2.24, 2.45) is 0 Å². The van der Waals surface area contributed by atoms with E-state index in [0.717, 1.165) is 18.4 Å². The molecule has 0 saturated heterocycles. The summed E-state index contributed by atoms with van der Waals surface area (Å²) in [5.74, 6) is -0.401. The summed E-state index contributed by atoms with van der Waals surface area (Å²) in [6.07, 6.45) is 2.04. The second-order valence-electron chi connectivity index (χ2n) is 3.82. The van der Waals surface area contributed by atoms with Gasteiger partial charge in [-0.2, -0.15) is 0 Å². The molecule has 70 valence electrons. The first-order valence-corrected chi connectivity index (χ1v) is 4.58. The molecule has 1 unspecified atom stereocenters. The molecule has 0 heterocycles. The molecule has 0 nitrogen and oxygen atoms in total. The Hall–Kier alpha value is -0.920. The number of fused-ring (bicyclic) bond motifs is 1. The Morgan fingerprint density at radius 1 is 1.38 bits per heavy atom. The van der Waals surface area contributed by atoms with Crippen LogP contribution < -0.4 is 0 Å². The lowest BCUT2D eigenvalue weighted by atomic mass is 9.81. The fourth-order valence-electron chi connectivity index (χ4n) is 2.10. The monoisotopic (exact) mass is 182 g/mol. The van der Waals surface area contributed by atoms with E-state index in [1.807, 2.05) is 6.07 Å². The Morgan fingerprint density at radius 2 is 2.15 bits per heavy atom. The van der Waals surface area contributed by atoms with E-state index in [0.29, 0.717) is 6.42 Å². The van der Waals surface area contributed by atoms with Gasteiger partial charge in [-0.15, -0.1) is 0 Å². The second-order valence-corrected chi connectivity index (χ2v) is 3.82. The van der Waals surface area contributed by atoms with Crippen molar-refractivity contribution in [3.8, 4) is 0 Å². The third kappa shape index (κ3) is 1.34. The maximum Gasteiger partial charge on any atom is 0.136 e. The molecule has 1 aromatic carbocycles. The van der Waals surface area contributed by atoms with Crippen LogP contribution in [-0.2, 0) is 12.1 Å². The number of aryl methyl sites for hydroxylation is 1. The molecule has 0 saturated carbocycles. The fraction of sp³-hybridized carbons (Fsp3) is 0.455. The molecule has 1 atom stereocenters. The summed E-state index contributed by atoms with van der Waals surface area (Å²) in [4.78, 5) is 0. The van der Waals surface area contributed by atoms with Gasteiger partial charge in [-0.05, 0) is 37.8 Å². The highest BCUT2D eigenvalue weighted by atomic mass is 19.1. The topological polar surface area (TPSA) is 0 Å². The molecular weight excluding hydrogens is 170 g/mol. The van der Waals surface area contributed by atoms with Crippen LogP contribution in [0.25, 0.3) is 0 Å². The van der Waals surface area contributed by atoms with Crippen LogP contribution in [0.5, 0.6) is 0 Å². The highest BCUT2D eigenvalue weighted by molar-refractivity contribution is 5.35. The van der Waals surface area contributed by atoms with Gasteiger partial charge in [-0.1, -0.05) is 12.1 Å². The zero-order chi connectivity index (χ0) is 9.47. The third-order valence-corrected chi connectivity index (χ3v) is 2.71. The van der Waals surface area contributed by atoms with Crippen LogP contribution in [0.3, 0.4) is 0 Å². The molecule has 0 aliphatic heterocycles. The summed E-state index contributed by atoms with van der Waals surface area (Å²) in [5.41, 5.74) is -0.364. The average Bonchev–Trinajstić information content (AvgIpc) is 2.02. The largest absolute Gasteiger partial charge is 0.239 e. The second kappa shape index (κ2) is 2.79. The molecule has 0 N–H and O–H groups in total. The van der Waals surface area contributed by atoms with Crippen LogP contribution >= 0.6 is 0 Å². The van der Waals surface area contributed by atoms with Crippen molar-refractivity contribution in [2.45, 2.75) is 31.9 Å². The summed E-state index contributed by atoms with van der Waals surface area (Å²) >= 11 is 0. The maximum absolute atomic E-state index is 13.9. The van der Waals surface area contributed by atoms with Gasteiger partial charge in [0.25, 0.3) is 0 Å². The molecule has 0 fully saturated rings. The standard InChI is InChI=1S/C11H12F2/c1-11(13)7-3-5-8-4-2-6-9(12)10(8)11/h2,4,6H,3,5,7H2,1H3. The van der Waals surface area contributed by atoms with Crippen molar-refractivity contribution in [1.29, 1.82) is 0 Å². The minimum absolute atomic E-state index is 0.279. The van der Waals surface area contributed by atoms with E-state index in [-0.39, 0.29) is 5.56 Å². The lowest BCUT2D eigenvalue weighted by Crippen LogP contribution is -2.23. The van der Waals surface area contributed by atoms with E-state index in [1.54, 1.807) is 6.07 Å². The number of benzene rings is 1. The van der Waals surface area contributed by atoms with E-state index in [4.69, 9.17) is 0 Å². The molecule has 0 bridgehead atoms. The van der Waals surface area contributed by atoms with E-state index in [2.05, 4.69) is 0 Å². The third-order valence-electron chi connectivity index (χ3n) is 2.71. The van der Waals surface area contributed by atoms with Crippen LogP contribution in [0.2, 0.25) is 0 Å². The van der Waals surface area contributed by atoms with Gasteiger partial charge < -0.3 is 0 Å². The van der Waals surface area contributed by atoms with Gasteiger partial charge in [0, 0.05) is 5.56 Å². The summed E-state index contributed by atoms with van der Waals surface area (Å²) in [5, 5.41) is 0. The number of halogens is 2. The van der Waals surface area contributed by atoms with E-state index >= 15 is 0 Å². The fourth-order valence-corrected chi connectivity index (χ4v) is 2.10. The van der Waals surface area contributed by atoms with E-state index in [9.17, 15) is 8.78 Å². The molecule has 2 heteroatoms. The smallest absolute Gasteiger partial charge is 0.136 e. The summed E-state index contributed by atoms with van der Waals surface area (Å²) in [7, 11) is 0. The van der Waals surface area contributed by atoms with Crippen molar-refractivity contribution >= 4 is 0 Å². The van der Waals surface area contributed by atoms with Crippen LogP contribution in [-0.4, -0.2) is 0 Å². The first kappa shape index (κ1) is 8.67. The number of hydrogen-bond acceptors (Lipinski definition) is 0. The number of rotatable bonds is 0. The first-order valence-electron chi connectivity index (χ1n) is 4.58. The lowest BCUT2D eigenvalue weighted by molar-refractivity contribution is 0.155. The molecular formula is C11H12F2. The van der Waals surface area contributed by atoms with Gasteiger partial charge in [0.05, 0.1) is 0 Å². The quantitative estimate of drug-likeness (QED) is 0.577. The highest BCUT2D eigenvalue weighted by Gasteiger charge is 2.34. The maximum atomic E-state index is 13.9. The van der Waals surface area contributed by atoms with Gasteiger partial charge in [0.1, 0.15) is 11.5 Å². The molecule has 1 aromatic rings. The molecule has 0 radical (unpaired) electrons. The van der Waals surface area contributed by atoms with Crippen molar-refractivity contribution < 1.29 is 8.78 Å². The van der Waals surface area contributed by atoms with Crippen LogP contribution in [0.1, 0.15) is 30.9 Å². The zero-order valence-electron chi connectivity index (χ0n) is 7.61. The molecule has 1 aliphatic rings. The minimum Gasteiger partial charge on any atom is -0.239 e. The Labute approximate surface area is 76.6 Å². The Kier molecular flexibility index (Phi) is 1.86. The first-order chi connectivity index (χ1) is 6.11. The summed E-state index contributed by atoms with van der Waals surface area (Å²) < 4.78 is 27.2. The molecule has 13 heavy (non-hydrogen) atoms. The summed E-state index contributed by atoms with van der Waals surface area (Å²) in [6, 6.07) is 4.80. The Balaban J connectivity index is 2.61. The van der Waals surface area contributed by atoms with Crippen molar-refractivity contribution in [2.75, 3.05) is 0 Å². The van der Waals surface area contributed by atoms with Crippen LogP contribution in [0, 0.1) is 5.82 Å². The molecule has 1 aliphatic carbocycles. The predicted octanol–water partition coefficient (Wildman–Crippen LogP) is 3.35. The van der Waals surface area contributed by atoms with E-state index < -0.39 is 11.5 Å². The SMILES string of the molecule is CC1(F)CCCc2cccc(F)c21. The van der Waals surface area contributed by atoms with Crippen molar-refractivity contribution in [1.82, 2.24) is 0 Å². The van der Waals surface area contributed by atoms with E-state index in [1.165, 1.54) is 13.0 Å². The number of alkyl halides is 1. The minimum atomic E-state index is -1.47. The van der Waals surface area contributed by atoms with Gasteiger partial charge in [-0.25, -0.2) is 8.78 Å². The van der Waals surface area contributed by atoms with Crippen LogP contribution in [0.15, 0.2) is 18.2 Å². The normalized spacial score (nSPS) is 27.0. The molecule has 0 spiro atoms. The number of hydrogen-bond donors (Lipinski definition) is 0. The zero-order valence-corrected chi connectivity index (χ0v) is 7.61. The highest BCUT2D eigenvalue weighted by Crippen LogP contribution is 2.39.